The molecule has 0 bridgehead atoms. The molecule has 0 radical (unpaired) electrons. The molecule has 0 spiro atoms. The van der Waals surface area contributed by atoms with Crippen LogP contribution in [0.5, 0.6) is 5.75 Å². The monoisotopic (exact) mass is 819 g/mol. The van der Waals surface area contributed by atoms with Crippen molar-refractivity contribution in [1.29, 1.82) is 0 Å². The zero-order valence-corrected chi connectivity index (χ0v) is 35.4. The summed E-state index contributed by atoms with van der Waals surface area (Å²) in [6, 6.07) is 8.44. The van der Waals surface area contributed by atoms with E-state index < -0.39 is 0 Å². The molecular weight excluding hydrogens is 740 g/mol. The number of benzene rings is 1. The Balaban J connectivity index is 1.15. The van der Waals surface area contributed by atoms with Gasteiger partial charge in [-0.25, -0.2) is 0 Å². The van der Waals surface area contributed by atoms with E-state index in [1.165, 1.54) is 44.1 Å². The van der Waals surface area contributed by atoms with Crippen molar-refractivity contribution in [1.82, 2.24) is 0 Å². The molecule has 0 N–H and O–H groups in total. The van der Waals surface area contributed by atoms with E-state index >= 15 is 0 Å². The molecule has 2 rings (SSSR count). The van der Waals surface area contributed by atoms with Crippen molar-refractivity contribution in [3.8, 4) is 5.75 Å². The van der Waals surface area contributed by atoms with E-state index in [-0.39, 0.29) is 6.29 Å². The number of hydrogen-bond acceptors (Lipinski definition) is 14. The van der Waals surface area contributed by atoms with E-state index in [9.17, 15) is 0 Å². The molecule has 1 fully saturated rings. The first kappa shape index (κ1) is 51.6. The van der Waals surface area contributed by atoms with Gasteiger partial charge in [-0.1, -0.05) is 51.2 Å². The molecule has 1 aromatic carbocycles. The minimum absolute atomic E-state index is 0.0675. The Labute approximate surface area is 344 Å². The van der Waals surface area contributed by atoms with Crippen LogP contribution in [-0.4, -0.2) is 171 Å². The largest absolute Gasteiger partial charge is 0.491 e. The fourth-order valence-corrected chi connectivity index (χ4v) is 5.46. The molecular formula is C43H78O14. The molecule has 14 nitrogen and oxygen atoms in total. The van der Waals surface area contributed by atoms with Gasteiger partial charge in [-0.05, 0) is 49.8 Å². The summed E-state index contributed by atoms with van der Waals surface area (Å²) in [7, 11) is 0. The minimum atomic E-state index is -0.0675. The van der Waals surface area contributed by atoms with Crippen LogP contribution in [0.3, 0.4) is 0 Å². The van der Waals surface area contributed by atoms with E-state index in [1.54, 1.807) is 0 Å². The van der Waals surface area contributed by atoms with Gasteiger partial charge in [0.2, 0.25) is 0 Å². The lowest BCUT2D eigenvalue weighted by atomic mass is 10.0. The molecule has 1 aliphatic heterocycles. The van der Waals surface area contributed by atoms with Crippen molar-refractivity contribution in [3.63, 3.8) is 0 Å². The summed E-state index contributed by atoms with van der Waals surface area (Å²) in [5, 5.41) is 0. The topological polar surface area (TPSA) is 129 Å². The van der Waals surface area contributed by atoms with Crippen molar-refractivity contribution in [2.45, 2.75) is 77.4 Å². The van der Waals surface area contributed by atoms with E-state index in [0.29, 0.717) is 159 Å². The Morgan fingerprint density at radius 2 is 0.789 bits per heavy atom. The second-order valence-corrected chi connectivity index (χ2v) is 13.4. The van der Waals surface area contributed by atoms with Crippen LogP contribution in [0.25, 0.3) is 0 Å². The predicted octanol–water partition coefficient (Wildman–Crippen LogP) is 5.69. The highest BCUT2D eigenvalue weighted by Crippen LogP contribution is 2.15. The highest BCUT2D eigenvalue weighted by Gasteiger charge is 2.13. The lowest BCUT2D eigenvalue weighted by Crippen LogP contribution is -2.24. The van der Waals surface area contributed by atoms with Gasteiger partial charge in [0.25, 0.3) is 0 Å². The maximum Gasteiger partial charge on any atom is 0.157 e. The number of rotatable bonds is 45. The maximum atomic E-state index is 5.78. The summed E-state index contributed by atoms with van der Waals surface area (Å²) >= 11 is 0. The minimum Gasteiger partial charge on any atom is -0.491 e. The van der Waals surface area contributed by atoms with Crippen molar-refractivity contribution in [2.75, 3.05) is 165 Å². The Morgan fingerprint density at radius 1 is 0.421 bits per heavy atom. The Hall–Kier alpha value is -1.50. The molecule has 1 saturated heterocycles. The van der Waals surface area contributed by atoms with Crippen LogP contribution >= 0.6 is 0 Å². The molecule has 1 aromatic rings. The van der Waals surface area contributed by atoms with Crippen LogP contribution in [0.4, 0.5) is 0 Å². The zero-order valence-electron chi connectivity index (χ0n) is 35.4. The molecule has 1 atom stereocenters. The molecule has 0 amide bonds. The van der Waals surface area contributed by atoms with Gasteiger partial charge in [0.15, 0.2) is 6.29 Å². The van der Waals surface area contributed by atoms with Gasteiger partial charge in [-0.2, -0.15) is 0 Å². The van der Waals surface area contributed by atoms with Gasteiger partial charge in [0.05, 0.1) is 152 Å². The molecule has 1 aliphatic rings. The van der Waals surface area contributed by atoms with Crippen molar-refractivity contribution >= 4 is 0 Å². The molecule has 1 heterocycles. The lowest BCUT2D eigenvalue weighted by molar-refractivity contribution is -0.169. The molecule has 334 valence electrons. The summed E-state index contributed by atoms with van der Waals surface area (Å²) in [6.45, 7) is 15.5. The van der Waals surface area contributed by atoms with Crippen LogP contribution in [0, 0.1) is 0 Å². The van der Waals surface area contributed by atoms with Gasteiger partial charge in [-0.15, -0.1) is 0 Å². The smallest absolute Gasteiger partial charge is 0.157 e. The highest BCUT2D eigenvalue weighted by atomic mass is 16.7. The highest BCUT2D eigenvalue weighted by molar-refractivity contribution is 5.27. The Kier molecular flexibility index (Phi) is 38.6. The number of hydrogen-bond donors (Lipinski definition) is 0. The van der Waals surface area contributed by atoms with Crippen molar-refractivity contribution < 1.29 is 66.3 Å². The van der Waals surface area contributed by atoms with Crippen LogP contribution in [0.1, 0.15) is 70.3 Å². The van der Waals surface area contributed by atoms with Crippen LogP contribution in [0.15, 0.2) is 24.3 Å². The third-order valence-corrected chi connectivity index (χ3v) is 8.63. The van der Waals surface area contributed by atoms with E-state index in [0.717, 1.165) is 38.0 Å². The number of aryl methyl sites for hydroxylation is 1. The number of ether oxygens (including phenoxy) is 14. The standard InChI is InChI=1S/C43H78O14/c1-2-3-4-5-6-7-10-41-12-14-42(15-13-41)55-39-37-53-35-33-51-31-29-49-27-25-47-23-21-45-19-17-44-18-20-46-22-24-48-26-28-50-30-32-52-34-36-54-38-40-57-43-11-8-9-16-56-43/h12-15,43H,2-11,16-40H2,1H3. The Morgan fingerprint density at radius 3 is 1.18 bits per heavy atom. The summed E-state index contributed by atoms with van der Waals surface area (Å²) < 4.78 is 77.7. The molecule has 0 aromatic heterocycles. The molecule has 1 unspecified atom stereocenters. The van der Waals surface area contributed by atoms with Crippen LogP contribution in [0.2, 0.25) is 0 Å². The number of unbranched alkanes of at least 4 members (excludes halogenated alkanes) is 5. The zero-order chi connectivity index (χ0) is 40.2. The fourth-order valence-electron chi connectivity index (χ4n) is 5.46. The quantitative estimate of drug-likeness (QED) is 0.0747. The predicted molar refractivity (Wildman–Crippen MR) is 218 cm³/mol. The molecule has 0 saturated carbocycles. The van der Waals surface area contributed by atoms with Gasteiger partial charge in [0, 0.05) is 6.61 Å². The van der Waals surface area contributed by atoms with E-state index in [1.807, 2.05) is 0 Å². The molecule has 0 aliphatic carbocycles. The van der Waals surface area contributed by atoms with Crippen LogP contribution in [-0.2, 0) is 68.0 Å². The second-order valence-electron chi connectivity index (χ2n) is 13.4. The van der Waals surface area contributed by atoms with Gasteiger partial charge in [0.1, 0.15) is 12.4 Å². The van der Waals surface area contributed by atoms with Gasteiger partial charge in [-0.3, -0.25) is 0 Å². The SMILES string of the molecule is CCCCCCCCc1ccc(OCCOCCOCCOCCOCCOCCOCCOCCOCCOCCOCCOCCOC2CCCCO2)cc1. The molecule has 14 heteroatoms. The van der Waals surface area contributed by atoms with Gasteiger partial charge < -0.3 is 66.3 Å². The van der Waals surface area contributed by atoms with E-state index in [4.69, 9.17) is 66.3 Å². The second kappa shape index (κ2) is 42.6. The first-order chi connectivity index (χ1) is 28.4. The first-order valence-corrected chi connectivity index (χ1v) is 21.7. The van der Waals surface area contributed by atoms with Gasteiger partial charge >= 0.3 is 0 Å². The third-order valence-electron chi connectivity index (χ3n) is 8.63. The van der Waals surface area contributed by atoms with E-state index in [2.05, 4.69) is 31.2 Å². The third kappa shape index (κ3) is 36.1. The summed E-state index contributed by atoms with van der Waals surface area (Å²) in [5.74, 6) is 0.885. The maximum absolute atomic E-state index is 5.78. The van der Waals surface area contributed by atoms with Crippen molar-refractivity contribution in [2.24, 2.45) is 0 Å². The summed E-state index contributed by atoms with van der Waals surface area (Å²) in [6.07, 6.45) is 12.3. The average molecular weight is 819 g/mol. The Bertz CT molecular complexity index is 922. The normalized spacial score (nSPS) is 14.4. The lowest BCUT2D eigenvalue weighted by Gasteiger charge is -2.22. The van der Waals surface area contributed by atoms with Crippen LogP contribution < -0.4 is 4.74 Å². The molecule has 57 heavy (non-hydrogen) atoms. The first-order valence-electron chi connectivity index (χ1n) is 21.7. The average Bonchev–Trinajstić information content (AvgIpc) is 3.24. The summed E-state index contributed by atoms with van der Waals surface area (Å²) in [5.41, 5.74) is 1.38. The van der Waals surface area contributed by atoms with Crippen molar-refractivity contribution in [3.05, 3.63) is 29.8 Å². The fraction of sp³-hybridized carbons (Fsp3) is 0.860. The summed E-state index contributed by atoms with van der Waals surface area (Å²) in [4.78, 5) is 0.